The smallest absolute Gasteiger partial charge is 0.312 e. The molecule has 1 aromatic rings. The molecule has 0 aromatic carbocycles. The molecule has 0 radical (unpaired) electrons. The van der Waals surface area contributed by atoms with Crippen molar-refractivity contribution in [1.82, 2.24) is 9.97 Å². The minimum atomic E-state index is -0.743. The minimum Gasteiger partial charge on any atom is -0.481 e. The number of aromatic amines is 1. The predicted octanol–water partition coefficient (Wildman–Crippen LogP) is 2.50. The molecule has 1 atom stereocenters. The fraction of sp³-hybridized carbons (Fsp3) is 0.692. The molecule has 17 heavy (non-hydrogen) atoms. The second-order valence-electron chi connectivity index (χ2n) is 5.26. The summed E-state index contributed by atoms with van der Waals surface area (Å²) in [6.07, 6.45) is 4.60. The van der Waals surface area contributed by atoms with Gasteiger partial charge in [-0.25, -0.2) is 4.98 Å². The normalized spacial score (nSPS) is 19.4. The molecular formula is C13H20N2O2. The van der Waals surface area contributed by atoms with Gasteiger partial charge < -0.3 is 10.1 Å². The number of nitrogens with one attached hydrogen (secondary N) is 1. The first-order chi connectivity index (χ1) is 8.08. The number of fused-ring (bicyclic) bond motifs is 1. The lowest BCUT2D eigenvalue weighted by Crippen LogP contribution is -2.17. The van der Waals surface area contributed by atoms with Gasteiger partial charge in [-0.3, -0.25) is 4.79 Å². The molecule has 0 fully saturated rings. The summed E-state index contributed by atoms with van der Waals surface area (Å²) in [5.74, 6) is 0.458. The lowest BCUT2D eigenvalue weighted by atomic mass is 9.90. The van der Waals surface area contributed by atoms with Crippen LogP contribution in [0, 0.1) is 5.92 Å². The van der Waals surface area contributed by atoms with Crippen molar-refractivity contribution in [3.05, 3.63) is 17.2 Å². The fourth-order valence-electron chi connectivity index (χ4n) is 2.36. The van der Waals surface area contributed by atoms with Gasteiger partial charge in [0.15, 0.2) is 0 Å². The Labute approximate surface area is 101 Å². The number of hydrogen-bond donors (Lipinski definition) is 2. The van der Waals surface area contributed by atoms with Crippen LogP contribution in [0.4, 0.5) is 0 Å². The van der Waals surface area contributed by atoms with Crippen molar-refractivity contribution >= 4 is 5.97 Å². The predicted molar refractivity (Wildman–Crippen MR) is 65.1 cm³/mol. The Bertz CT molecular complexity index is 410. The third-order valence-corrected chi connectivity index (χ3v) is 3.37. The van der Waals surface area contributed by atoms with E-state index in [9.17, 15) is 4.79 Å². The molecule has 0 saturated carbocycles. The zero-order valence-corrected chi connectivity index (χ0v) is 10.5. The summed E-state index contributed by atoms with van der Waals surface area (Å²) in [6, 6.07) is 0. The standard InChI is InChI=1S/C13H20N2O2/c1-8(2)6-7-11-14-10-5-3-4-9(13(16)17)12(10)15-11/h8-9H,3-7H2,1-2H3,(H,14,15)(H,16,17). The number of aryl methyl sites for hydroxylation is 2. The van der Waals surface area contributed by atoms with Crippen LogP contribution in [0.3, 0.4) is 0 Å². The highest BCUT2D eigenvalue weighted by Gasteiger charge is 2.29. The maximum atomic E-state index is 11.1. The number of rotatable bonds is 4. The van der Waals surface area contributed by atoms with Crippen LogP contribution in [0.5, 0.6) is 0 Å². The molecule has 1 aliphatic rings. The second-order valence-corrected chi connectivity index (χ2v) is 5.26. The lowest BCUT2D eigenvalue weighted by Gasteiger charge is -2.16. The SMILES string of the molecule is CC(C)CCc1nc2c([nH]1)CCCC2C(=O)O. The first kappa shape index (κ1) is 12.1. The molecule has 1 aliphatic carbocycles. The van der Waals surface area contributed by atoms with Crippen LogP contribution >= 0.6 is 0 Å². The number of carboxylic acid groups (broad SMARTS) is 1. The third-order valence-electron chi connectivity index (χ3n) is 3.37. The van der Waals surface area contributed by atoms with Crippen molar-refractivity contribution in [3.8, 4) is 0 Å². The summed E-state index contributed by atoms with van der Waals surface area (Å²) in [4.78, 5) is 18.9. The van der Waals surface area contributed by atoms with E-state index < -0.39 is 11.9 Å². The number of aromatic nitrogens is 2. The van der Waals surface area contributed by atoms with Crippen LogP contribution in [-0.2, 0) is 17.6 Å². The number of nitrogens with zero attached hydrogens (tertiary/aromatic N) is 1. The number of imidazole rings is 1. The molecule has 0 bridgehead atoms. The molecule has 0 spiro atoms. The van der Waals surface area contributed by atoms with E-state index in [-0.39, 0.29) is 0 Å². The number of carboxylic acids is 1. The van der Waals surface area contributed by atoms with Crippen LogP contribution in [0.1, 0.15) is 56.2 Å². The molecule has 1 heterocycles. The largest absolute Gasteiger partial charge is 0.481 e. The Morgan fingerprint density at radius 1 is 1.59 bits per heavy atom. The van der Waals surface area contributed by atoms with E-state index in [1.54, 1.807) is 0 Å². The van der Waals surface area contributed by atoms with Crippen molar-refractivity contribution < 1.29 is 9.90 Å². The molecule has 4 nitrogen and oxygen atoms in total. The Kier molecular flexibility index (Phi) is 3.50. The third kappa shape index (κ3) is 2.68. The second kappa shape index (κ2) is 4.90. The zero-order chi connectivity index (χ0) is 12.4. The Hall–Kier alpha value is -1.32. The molecular weight excluding hydrogens is 216 g/mol. The Morgan fingerprint density at radius 2 is 2.35 bits per heavy atom. The molecule has 94 valence electrons. The number of hydrogen-bond acceptors (Lipinski definition) is 2. The molecule has 1 aromatic heterocycles. The van der Waals surface area contributed by atoms with Crippen LogP contribution in [-0.4, -0.2) is 21.0 Å². The van der Waals surface area contributed by atoms with E-state index in [1.807, 2.05) is 0 Å². The van der Waals surface area contributed by atoms with E-state index >= 15 is 0 Å². The highest BCUT2D eigenvalue weighted by molar-refractivity contribution is 5.76. The van der Waals surface area contributed by atoms with E-state index in [2.05, 4.69) is 23.8 Å². The van der Waals surface area contributed by atoms with Gasteiger partial charge in [0.1, 0.15) is 11.7 Å². The van der Waals surface area contributed by atoms with E-state index in [0.29, 0.717) is 5.92 Å². The Morgan fingerprint density at radius 3 is 3.00 bits per heavy atom. The van der Waals surface area contributed by atoms with Crippen LogP contribution < -0.4 is 0 Å². The van der Waals surface area contributed by atoms with Crippen molar-refractivity contribution in [2.75, 3.05) is 0 Å². The summed E-state index contributed by atoms with van der Waals surface area (Å²) in [5.41, 5.74) is 1.82. The summed E-state index contributed by atoms with van der Waals surface area (Å²) in [6.45, 7) is 4.37. The zero-order valence-electron chi connectivity index (χ0n) is 10.5. The van der Waals surface area contributed by atoms with Gasteiger partial charge in [-0.1, -0.05) is 13.8 Å². The molecule has 0 saturated heterocycles. The highest BCUT2D eigenvalue weighted by atomic mass is 16.4. The first-order valence-corrected chi connectivity index (χ1v) is 6.38. The lowest BCUT2D eigenvalue weighted by molar-refractivity contribution is -0.139. The van der Waals surface area contributed by atoms with Gasteiger partial charge >= 0.3 is 5.97 Å². The van der Waals surface area contributed by atoms with Gasteiger partial charge in [-0.05, 0) is 31.6 Å². The average Bonchev–Trinajstić information content (AvgIpc) is 2.68. The topological polar surface area (TPSA) is 66.0 Å². The summed E-state index contributed by atoms with van der Waals surface area (Å²) >= 11 is 0. The van der Waals surface area contributed by atoms with Gasteiger partial charge in [0.25, 0.3) is 0 Å². The van der Waals surface area contributed by atoms with Gasteiger partial charge in [-0.2, -0.15) is 0 Å². The summed E-state index contributed by atoms with van der Waals surface area (Å²) in [5, 5.41) is 9.16. The first-order valence-electron chi connectivity index (χ1n) is 6.38. The van der Waals surface area contributed by atoms with Crippen LogP contribution in [0.25, 0.3) is 0 Å². The summed E-state index contributed by atoms with van der Waals surface area (Å²) < 4.78 is 0. The average molecular weight is 236 g/mol. The van der Waals surface area contributed by atoms with E-state index in [4.69, 9.17) is 5.11 Å². The molecule has 2 rings (SSSR count). The van der Waals surface area contributed by atoms with Gasteiger partial charge in [0.2, 0.25) is 0 Å². The van der Waals surface area contributed by atoms with Gasteiger partial charge in [0, 0.05) is 12.1 Å². The fourth-order valence-corrected chi connectivity index (χ4v) is 2.36. The van der Waals surface area contributed by atoms with Crippen molar-refractivity contribution in [3.63, 3.8) is 0 Å². The van der Waals surface area contributed by atoms with E-state index in [1.165, 1.54) is 0 Å². The summed E-state index contributed by atoms with van der Waals surface area (Å²) in [7, 11) is 0. The van der Waals surface area contributed by atoms with Gasteiger partial charge in [-0.15, -0.1) is 0 Å². The molecule has 0 amide bonds. The number of H-pyrrole nitrogens is 1. The van der Waals surface area contributed by atoms with Crippen molar-refractivity contribution in [1.29, 1.82) is 0 Å². The van der Waals surface area contributed by atoms with Crippen molar-refractivity contribution in [2.45, 2.75) is 51.9 Å². The molecule has 0 aliphatic heterocycles. The molecule has 4 heteroatoms. The number of carbonyl (C=O) groups is 1. The van der Waals surface area contributed by atoms with Gasteiger partial charge in [0.05, 0.1) is 5.69 Å². The number of aliphatic carboxylic acids is 1. The Balaban J connectivity index is 2.16. The maximum absolute atomic E-state index is 11.1. The van der Waals surface area contributed by atoms with Crippen LogP contribution in [0.2, 0.25) is 0 Å². The highest BCUT2D eigenvalue weighted by Crippen LogP contribution is 2.30. The minimum absolute atomic E-state index is 0.400. The maximum Gasteiger partial charge on any atom is 0.312 e. The monoisotopic (exact) mass is 236 g/mol. The quantitative estimate of drug-likeness (QED) is 0.844. The molecule has 2 N–H and O–H groups in total. The van der Waals surface area contributed by atoms with Crippen molar-refractivity contribution in [2.24, 2.45) is 5.92 Å². The molecule has 1 unspecified atom stereocenters. The van der Waals surface area contributed by atoms with E-state index in [0.717, 1.165) is 49.3 Å². The van der Waals surface area contributed by atoms with Crippen LogP contribution in [0.15, 0.2) is 0 Å².